The van der Waals surface area contributed by atoms with Crippen molar-refractivity contribution in [3.8, 4) is 6.07 Å². The summed E-state index contributed by atoms with van der Waals surface area (Å²) in [6.45, 7) is 2.03. The molecular weight excluding hydrogens is 148 g/mol. The Morgan fingerprint density at radius 2 is 2.00 bits per heavy atom. The molecule has 2 heteroatoms. The molecule has 1 atom stereocenters. The molecule has 0 spiro atoms. The van der Waals surface area contributed by atoms with Gasteiger partial charge in [-0.2, -0.15) is 5.26 Å². The lowest BCUT2D eigenvalue weighted by atomic mass is 10.0. The van der Waals surface area contributed by atoms with Crippen molar-refractivity contribution in [1.82, 2.24) is 0 Å². The van der Waals surface area contributed by atoms with E-state index in [9.17, 15) is 0 Å². The van der Waals surface area contributed by atoms with Crippen molar-refractivity contribution in [1.29, 1.82) is 5.26 Å². The molecule has 0 aliphatic rings. The molecule has 0 saturated heterocycles. The molecule has 0 aliphatic heterocycles. The van der Waals surface area contributed by atoms with E-state index in [1.54, 1.807) is 0 Å². The van der Waals surface area contributed by atoms with Gasteiger partial charge in [-0.15, -0.1) is 0 Å². The lowest BCUT2D eigenvalue weighted by molar-refractivity contribution is 0.748. The van der Waals surface area contributed by atoms with Crippen LogP contribution in [0.15, 0.2) is 24.3 Å². The normalized spacial score (nSPS) is 12.1. The molecule has 0 unspecified atom stereocenters. The minimum absolute atomic E-state index is 0.143. The average molecular weight is 160 g/mol. The number of hydrogen-bond acceptors (Lipinski definition) is 2. The molecule has 62 valence electrons. The highest BCUT2D eigenvalue weighted by Crippen LogP contribution is 2.13. The summed E-state index contributed by atoms with van der Waals surface area (Å²) in [6.07, 6.45) is 0.378. The van der Waals surface area contributed by atoms with Gasteiger partial charge in [0.15, 0.2) is 0 Å². The molecule has 0 amide bonds. The summed E-state index contributed by atoms with van der Waals surface area (Å²) in [5.41, 5.74) is 7.97. The van der Waals surface area contributed by atoms with Crippen LogP contribution in [-0.4, -0.2) is 0 Å². The Hall–Kier alpha value is -1.33. The van der Waals surface area contributed by atoms with Gasteiger partial charge in [0.2, 0.25) is 0 Å². The Morgan fingerprint density at radius 3 is 2.50 bits per heavy atom. The maximum atomic E-state index is 8.42. The molecule has 1 aromatic carbocycles. The van der Waals surface area contributed by atoms with Crippen molar-refractivity contribution in [2.24, 2.45) is 5.73 Å². The summed E-state index contributed by atoms with van der Waals surface area (Å²) < 4.78 is 0. The summed E-state index contributed by atoms with van der Waals surface area (Å²) in [5.74, 6) is 0. The van der Waals surface area contributed by atoms with Crippen LogP contribution in [0.4, 0.5) is 0 Å². The zero-order valence-corrected chi connectivity index (χ0v) is 7.12. The predicted molar refractivity (Wildman–Crippen MR) is 48.3 cm³/mol. The van der Waals surface area contributed by atoms with Crippen LogP contribution >= 0.6 is 0 Å². The van der Waals surface area contributed by atoms with Crippen molar-refractivity contribution >= 4 is 0 Å². The molecule has 1 aromatic rings. The molecular formula is C10H12N2. The highest BCUT2D eigenvalue weighted by Gasteiger charge is 2.03. The van der Waals surface area contributed by atoms with Gasteiger partial charge in [0.25, 0.3) is 0 Å². The molecule has 0 fully saturated rings. The van der Waals surface area contributed by atoms with E-state index in [0.717, 1.165) is 5.56 Å². The Balaban J connectivity index is 2.76. The quantitative estimate of drug-likeness (QED) is 0.718. The first-order valence-electron chi connectivity index (χ1n) is 3.93. The minimum atomic E-state index is -0.143. The predicted octanol–water partition coefficient (Wildman–Crippen LogP) is 1.91. The van der Waals surface area contributed by atoms with Gasteiger partial charge in [-0.25, -0.2) is 0 Å². The fraction of sp³-hybridized carbons (Fsp3) is 0.300. The Bertz CT molecular complexity index is 282. The molecule has 1 rings (SSSR count). The van der Waals surface area contributed by atoms with Gasteiger partial charge in [-0.1, -0.05) is 29.8 Å². The maximum Gasteiger partial charge on any atom is 0.0641 e. The van der Waals surface area contributed by atoms with Crippen molar-refractivity contribution in [2.45, 2.75) is 19.4 Å². The average Bonchev–Trinajstić information content (AvgIpc) is 2.06. The van der Waals surface area contributed by atoms with E-state index < -0.39 is 0 Å². The Labute approximate surface area is 72.6 Å². The number of nitrogens with two attached hydrogens (primary N) is 1. The fourth-order valence-corrected chi connectivity index (χ4v) is 1.03. The lowest BCUT2D eigenvalue weighted by Gasteiger charge is -2.06. The van der Waals surface area contributed by atoms with E-state index in [2.05, 4.69) is 6.07 Å². The van der Waals surface area contributed by atoms with Crippen molar-refractivity contribution in [2.75, 3.05) is 0 Å². The first-order chi connectivity index (χ1) is 5.74. The van der Waals surface area contributed by atoms with Crippen LogP contribution < -0.4 is 5.73 Å². The van der Waals surface area contributed by atoms with Crippen LogP contribution in [0, 0.1) is 18.3 Å². The third kappa shape index (κ3) is 2.08. The van der Waals surface area contributed by atoms with Crippen molar-refractivity contribution in [3.63, 3.8) is 0 Å². The summed E-state index contributed by atoms with van der Waals surface area (Å²) >= 11 is 0. The number of hydrogen-bond donors (Lipinski definition) is 1. The molecule has 2 N–H and O–H groups in total. The van der Waals surface area contributed by atoms with Crippen LogP contribution in [0.5, 0.6) is 0 Å². The van der Waals surface area contributed by atoms with Crippen LogP contribution in [0.2, 0.25) is 0 Å². The first kappa shape index (κ1) is 8.76. The topological polar surface area (TPSA) is 49.8 Å². The SMILES string of the molecule is Cc1ccc([C@H](N)CC#N)cc1. The standard InChI is InChI=1S/C10H12N2/c1-8-2-4-9(5-3-8)10(12)6-7-11/h2-5,10H,6,12H2,1H3/t10-/m1/s1. The summed E-state index contributed by atoms with van der Waals surface area (Å²) in [7, 11) is 0. The highest BCUT2D eigenvalue weighted by atomic mass is 14.6. The zero-order valence-electron chi connectivity index (χ0n) is 7.12. The lowest BCUT2D eigenvalue weighted by Crippen LogP contribution is -2.08. The number of nitrogens with zero attached hydrogens (tertiary/aromatic N) is 1. The summed E-state index contributed by atoms with van der Waals surface area (Å²) in [5, 5.41) is 8.42. The second-order valence-corrected chi connectivity index (χ2v) is 2.88. The van der Waals surface area contributed by atoms with E-state index in [1.165, 1.54) is 5.56 Å². The monoisotopic (exact) mass is 160 g/mol. The van der Waals surface area contributed by atoms with E-state index >= 15 is 0 Å². The molecule has 0 saturated carbocycles. The van der Waals surface area contributed by atoms with Crippen molar-refractivity contribution < 1.29 is 0 Å². The van der Waals surface area contributed by atoms with Crippen LogP contribution in [-0.2, 0) is 0 Å². The van der Waals surface area contributed by atoms with E-state index in [1.807, 2.05) is 31.2 Å². The van der Waals surface area contributed by atoms with E-state index in [-0.39, 0.29) is 6.04 Å². The molecule has 0 heterocycles. The van der Waals surface area contributed by atoms with E-state index in [0.29, 0.717) is 6.42 Å². The van der Waals surface area contributed by atoms with Gasteiger partial charge in [-0.05, 0) is 12.5 Å². The number of benzene rings is 1. The highest BCUT2D eigenvalue weighted by molar-refractivity contribution is 5.24. The van der Waals surface area contributed by atoms with Gasteiger partial charge in [0.1, 0.15) is 0 Å². The van der Waals surface area contributed by atoms with Gasteiger partial charge in [-0.3, -0.25) is 0 Å². The second kappa shape index (κ2) is 3.89. The van der Waals surface area contributed by atoms with Gasteiger partial charge < -0.3 is 5.73 Å². The summed E-state index contributed by atoms with van der Waals surface area (Å²) in [6, 6.07) is 9.86. The van der Waals surface area contributed by atoms with Crippen molar-refractivity contribution in [3.05, 3.63) is 35.4 Å². The molecule has 12 heavy (non-hydrogen) atoms. The van der Waals surface area contributed by atoms with Gasteiger partial charge >= 0.3 is 0 Å². The molecule has 0 radical (unpaired) electrons. The van der Waals surface area contributed by atoms with Gasteiger partial charge in [0.05, 0.1) is 12.5 Å². The maximum absolute atomic E-state index is 8.42. The molecule has 0 aliphatic carbocycles. The second-order valence-electron chi connectivity index (χ2n) is 2.88. The minimum Gasteiger partial charge on any atom is -0.323 e. The molecule has 2 nitrogen and oxygen atoms in total. The van der Waals surface area contributed by atoms with Crippen LogP contribution in [0.3, 0.4) is 0 Å². The molecule has 0 aromatic heterocycles. The van der Waals surface area contributed by atoms with Crippen LogP contribution in [0.1, 0.15) is 23.6 Å². The first-order valence-corrected chi connectivity index (χ1v) is 3.93. The summed E-state index contributed by atoms with van der Waals surface area (Å²) in [4.78, 5) is 0. The van der Waals surface area contributed by atoms with E-state index in [4.69, 9.17) is 11.0 Å². The largest absolute Gasteiger partial charge is 0.323 e. The third-order valence-electron chi connectivity index (χ3n) is 1.82. The number of aryl methyl sites for hydroxylation is 1. The van der Waals surface area contributed by atoms with Gasteiger partial charge in [0, 0.05) is 6.04 Å². The smallest absolute Gasteiger partial charge is 0.0641 e. The fourth-order valence-electron chi connectivity index (χ4n) is 1.03. The zero-order chi connectivity index (χ0) is 8.97. The molecule has 0 bridgehead atoms. The van der Waals surface area contributed by atoms with Crippen LogP contribution in [0.25, 0.3) is 0 Å². The third-order valence-corrected chi connectivity index (χ3v) is 1.82. The Morgan fingerprint density at radius 1 is 1.42 bits per heavy atom. The number of nitriles is 1. The Kier molecular flexibility index (Phi) is 2.84. The number of rotatable bonds is 2.